The van der Waals surface area contributed by atoms with Gasteiger partial charge in [-0.3, -0.25) is 4.40 Å². The van der Waals surface area contributed by atoms with Crippen molar-refractivity contribution >= 4 is 21.6 Å². The van der Waals surface area contributed by atoms with Crippen molar-refractivity contribution in [3.05, 3.63) is 33.7 Å². The van der Waals surface area contributed by atoms with Gasteiger partial charge in [-0.25, -0.2) is 4.98 Å². The number of halogens is 1. The number of nitrogens with zero attached hydrogens (tertiary/aromatic N) is 3. The van der Waals surface area contributed by atoms with Crippen LogP contribution in [-0.2, 0) is 0 Å². The number of nitriles is 1. The number of imidazole rings is 1. The average Bonchev–Trinajstić information content (AvgIpc) is 2.41. The predicted octanol–water partition coefficient (Wildman–Crippen LogP) is 2.59. The summed E-state index contributed by atoms with van der Waals surface area (Å²) in [5.74, 6) is 0. The third-order valence-electron chi connectivity index (χ3n) is 2.09. The fourth-order valence-corrected chi connectivity index (χ4v) is 2.12. The lowest BCUT2D eigenvalue weighted by atomic mass is 10.3. The fourth-order valence-electron chi connectivity index (χ4n) is 1.48. The Bertz CT molecular complexity index is 548. The molecule has 0 N–H and O–H groups in total. The van der Waals surface area contributed by atoms with Gasteiger partial charge in [0.25, 0.3) is 0 Å². The minimum absolute atomic E-state index is 0.601. The lowest BCUT2D eigenvalue weighted by Gasteiger charge is -1.99. The highest BCUT2D eigenvalue weighted by Crippen LogP contribution is 2.21. The van der Waals surface area contributed by atoms with Crippen LogP contribution in [-0.4, -0.2) is 9.38 Å². The molecule has 0 saturated heterocycles. The van der Waals surface area contributed by atoms with Crippen LogP contribution in [0, 0.1) is 25.2 Å². The van der Waals surface area contributed by atoms with Crippen LogP contribution in [0.15, 0.2) is 16.7 Å². The summed E-state index contributed by atoms with van der Waals surface area (Å²) in [7, 11) is 0. The number of fused-ring (bicyclic) bond motifs is 1. The van der Waals surface area contributed by atoms with Crippen molar-refractivity contribution in [2.24, 2.45) is 0 Å². The van der Waals surface area contributed by atoms with Gasteiger partial charge in [-0.15, -0.1) is 0 Å². The summed E-state index contributed by atoms with van der Waals surface area (Å²) in [4.78, 5) is 4.32. The molecule has 0 bridgehead atoms. The summed E-state index contributed by atoms with van der Waals surface area (Å²) in [5.41, 5.74) is 3.26. The third kappa shape index (κ3) is 1.21. The SMILES string of the molecule is Cc1cc(Br)c2nc(C)c(C#N)n2c1. The van der Waals surface area contributed by atoms with Gasteiger partial charge in [0.05, 0.1) is 10.2 Å². The number of rotatable bonds is 0. The van der Waals surface area contributed by atoms with E-state index in [1.165, 1.54) is 0 Å². The first kappa shape index (κ1) is 9.22. The summed E-state index contributed by atoms with van der Waals surface area (Å²) in [6.07, 6.45) is 1.92. The van der Waals surface area contributed by atoms with Crippen molar-refractivity contribution in [3.63, 3.8) is 0 Å². The van der Waals surface area contributed by atoms with Gasteiger partial charge in [0.15, 0.2) is 5.65 Å². The predicted molar refractivity (Wildman–Crippen MR) is 57.1 cm³/mol. The summed E-state index contributed by atoms with van der Waals surface area (Å²) in [6, 6.07) is 4.14. The van der Waals surface area contributed by atoms with Crippen LogP contribution < -0.4 is 0 Å². The number of hydrogen-bond acceptors (Lipinski definition) is 2. The molecular formula is C10H8BrN3. The van der Waals surface area contributed by atoms with Crippen molar-refractivity contribution in [2.75, 3.05) is 0 Å². The molecule has 2 aromatic rings. The van der Waals surface area contributed by atoms with E-state index in [2.05, 4.69) is 27.0 Å². The second kappa shape index (κ2) is 3.10. The van der Waals surface area contributed by atoms with Crippen molar-refractivity contribution in [1.29, 1.82) is 5.26 Å². The molecule has 2 rings (SSSR count). The molecule has 0 unspecified atom stereocenters. The Morgan fingerprint density at radius 2 is 2.21 bits per heavy atom. The lowest BCUT2D eigenvalue weighted by Crippen LogP contribution is -1.90. The van der Waals surface area contributed by atoms with Crippen LogP contribution in [0.25, 0.3) is 5.65 Å². The number of aryl methyl sites for hydroxylation is 2. The van der Waals surface area contributed by atoms with Gasteiger partial charge in [-0.2, -0.15) is 5.26 Å². The van der Waals surface area contributed by atoms with Crippen molar-refractivity contribution in [2.45, 2.75) is 13.8 Å². The highest BCUT2D eigenvalue weighted by Gasteiger charge is 2.10. The summed E-state index contributed by atoms with van der Waals surface area (Å²) in [6.45, 7) is 3.83. The van der Waals surface area contributed by atoms with Crippen LogP contribution >= 0.6 is 15.9 Å². The standard InChI is InChI=1S/C10H8BrN3/c1-6-3-8(11)10-13-7(2)9(4-12)14(10)5-6/h3,5H,1-2H3. The topological polar surface area (TPSA) is 41.1 Å². The molecule has 0 amide bonds. The average molecular weight is 250 g/mol. The number of pyridine rings is 1. The Morgan fingerprint density at radius 3 is 2.86 bits per heavy atom. The summed E-state index contributed by atoms with van der Waals surface area (Å²) < 4.78 is 2.73. The van der Waals surface area contributed by atoms with Gasteiger partial charge < -0.3 is 0 Å². The Balaban J connectivity index is 2.97. The smallest absolute Gasteiger partial charge is 0.152 e. The molecule has 0 radical (unpaired) electrons. The first-order chi connectivity index (χ1) is 6.63. The monoisotopic (exact) mass is 249 g/mol. The molecule has 4 heteroatoms. The molecule has 3 nitrogen and oxygen atoms in total. The molecule has 0 aromatic carbocycles. The van der Waals surface area contributed by atoms with E-state index in [0.717, 1.165) is 21.4 Å². The highest BCUT2D eigenvalue weighted by atomic mass is 79.9. The normalized spacial score (nSPS) is 10.4. The van der Waals surface area contributed by atoms with Crippen LogP contribution in [0.3, 0.4) is 0 Å². The Kier molecular flexibility index (Phi) is 2.05. The van der Waals surface area contributed by atoms with E-state index in [1.54, 1.807) is 0 Å². The van der Waals surface area contributed by atoms with E-state index >= 15 is 0 Å². The van der Waals surface area contributed by atoms with E-state index in [4.69, 9.17) is 5.26 Å². The molecule has 2 heterocycles. The van der Waals surface area contributed by atoms with Crippen molar-refractivity contribution in [1.82, 2.24) is 9.38 Å². The van der Waals surface area contributed by atoms with Crippen LogP contribution in [0.5, 0.6) is 0 Å². The zero-order valence-corrected chi connectivity index (χ0v) is 9.46. The lowest BCUT2D eigenvalue weighted by molar-refractivity contribution is 1.12. The fraction of sp³-hybridized carbons (Fsp3) is 0.200. The van der Waals surface area contributed by atoms with Gasteiger partial charge in [-0.05, 0) is 41.4 Å². The Labute approximate surface area is 90.1 Å². The quantitative estimate of drug-likeness (QED) is 0.721. The van der Waals surface area contributed by atoms with E-state index < -0.39 is 0 Å². The molecule has 14 heavy (non-hydrogen) atoms. The highest BCUT2D eigenvalue weighted by molar-refractivity contribution is 9.10. The molecule has 0 aliphatic carbocycles. The molecule has 2 aromatic heterocycles. The number of hydrogen-bond donors (Lipinski definition) is 0. The number of aromatic nitrogens is 2. The molecule has 70 valence electrons. The zero-order valence-electron chi connectivity index (χ0n) is 7.87. The minimum atomic E-state index is 0.601. The molecule has 0 aliphatic rings. The molecule has 0 atom stereocenters. The van der Waals surface area contributed by atoms with Gasteiger partial charge >= 0.3 is 0 Å². The molecule has 0 saturated carbocycles. The maximum Gasteiger partial charge on any atom is 0.152 e. The molecule has 0 spiro atoms. The Morgan fingerprint density at radius 1 is 1.50 bits per heavy atom. The van der Waals surface area contributed by atoms with Gasteiger partial charge in [-0.1, -0.05) is 0 Å². The largest absolute Gasteiger partial charge is 0.290 e. The second-order valence-electron chi connectivity index (χ2n) is 3.22. The third-order valence-corrected chi connectivity index (χ3v) is 2.68. The summed E-state index contributed by atoms with van der Waals surface area (Å²) >= 11 is 3.43. The molecule has 0 fully saturated rings. The van der Waals surface area contributed by atoms with Gasteiger partial charge in [0.2, 0.25) is 0 Å². The van der Waals surface area contributed by atoms with Crippen LogP contribution in [0.2, 0.25) is 0 Å². The van der Waals surface area contributed by atoms with Crippen LogP contribution in [0.1, 0.15) is 17.0 Å². The maximum atomic E-state index is 8.96. The first-order valence-electron chi connectivity index (χ1n) is 4.18. The Hall–Kier alpha value is -1.34. The van der Waals surface area contributed by atoms with E-state index in [9.17, 15) is 0 Å². The summed E-state index contributed by atoms with van der Waals surface area (Å²) in [5, 5.41) is 8.96. The molecular weight excluding hydrogens is 242 g/mol. The zero-order chi connectivity index (χ0) is 10.3. The van der Waals surface area contributed by atoms with Gasteiger partial charge in [0, 0.05) is 6.20 Å². The maximum absolute atomic E-state index is 8.96. The van der Waals surface area contributed by atoms with E-state index in [0.29, 0.717) is 5.69 Å². The van der Waals surface area contributed by atoms with Crippen molar-refractivity contribution < 1.29 is 0 Å². The van der Waals surface area contributed by atoms with Gasteiger partial charge in [0.1, 0.15) is 11.8 Å². The minimum Gasteiger partial charge on any atom is -0.290 e. The molecule has 0 aliphatic heterocycles. The van der Waals surface area contributed by atoms with E-state index in [1.807, 2.05) is 30.5 Å². The van der Waals surface area contributed by atoms with E-state index in [-0.39, 0.29) is 0 Å². The van der Waals surface area contributed by atoms with Crippen LogP contribution in [0.4, 0.5) is 0 Å². The van der Waals surface area contributed by atoms with Crippen molar-refractivity contribution in [3.8, 4) is 6.07 Å². The second-order valence-corrected chi connectivity index (χ2v) is 4.07. The first-order valence-corrected chi connectivity index (χ1v) is 4.97.